The average molecular weight is 188 g/mol. The summed E-state index contributed by atoms with van der Waals surface area (Å²) >= 11 is 0. The number of hydrogen-bond donors (Lipinski definition) is 1. The fourth-order valence-electron chi connectivity index (χ4n) is 1.21. The van der Waals surface area contributed by atoms with Crippen LogP contribution < -0.4 is 5.32 Å². The van der Waals surface area contributed by atoms with Crippen LogP contribution in [0, 0.1) is 17.2 Å². The Morgan fingerprint density at radius 1 is 1.69 bits per heavy atom. The van der Waals surface area contributed by atoms with Gasteiger partial charge in [-0.1, -0.05) is 0 Å². The quantitative estimate of drug-likeness (QED) is 0.704. The number of nitrogens with zero attached hydrogens (tertiary/aromatic N) is 1. The van der Waals surface area contributed by atoms with Gasteiger partial charge in [-0.05, 0) is 6.92 Å². The first-order chi connectivity index (χ1) is 5.94. The van der Waals surface area contributed by atoms with E-state index in [-0.39, 0.29) is 0 Å². The summed E-state index contributed by atoms with van der Waals surface area (Å²) in [6, 6.07) is 1.19. The second kappa shape index (κ2) is 3.29. The fraction of sp³-hybridized carbons (Fsp3) is 0.750. The predicted molar refractivity (Wildman–Crippen MR) is 40.9 cm³/mol. The van der Waals surface area contributed by atoms with E-state index in [4.69, 9.17) is 5.26 Å². The van der Waals surface area contributed by atoms with Crippen molar-refractivity contribution in [3.8, 4) is 6.07 Å². The average Bonchev–Trinajstić information content (AvgIpc) is 1.99. The van der Waals surface area contributed by atoms with E-state index in [1.807, 2.05) is 0 Å². The molecule has 0 aliphatic heterocycles. The summed E-state index contributed by atoms with van der Waals surface area (Å²) in [6.45, 7) is 1.51. The maximum Gasteiger partial charge on any atom is 0.249 e. The Morgan fingerprint density at radius 3 is 2.62 bits per heavy atom. The number of nitriles is 1. The molecule has 0 spiro atoms. The number of rotatable bonds is 2. The summed E-state index contributed by atoms with van der Waals surface area (Å²) < 4.78 is 24.6. The smallest absolute Gasteiger partial charge is 0.249 e. The van der Waals surface area contributed by atoms with Crippen LogP contribution in [-0.2, 0) is 4.79 Å². The van der Waals surface area contributed by atoms with Crippen LogP contribution in [0.15, 0.2) is 0 Å². The monoisotopic (exact) mass is 188 g/mol. The molecule has 0 heterocycles. The van der Waals surface area contributed by atoms with Crippen LogP contribution >= 0.6 is 0 Å². The van der Waals surface area contributed by atoms with E-state index in [0.29, 0.717) is 0 Å². The van der Waals surface area contributed by atoms with Crippen molar-refractivity contribution in [3.05, 3.63) is 0 Å². The van der Waals surface area contributed by atoms with E-state index < -0.39 is 36.6 Å². The molecule has 1 saturated carbocycles. The zero-order valence-electron chi connectivity index (χ0n) is 7.18. The van der Waals surface area contributed by atoms with Gasteiger partial charge in [0.1, 0.15) is 6.04 Å². The highest BCUT2D eigenvalue weighted by Crippen LogP contribution is 2.42. The predicted octanol–water partition coefficient (Wildman–Crippen LogP) is 1.06. The summed E-state index contributed by atoms with van der Waals surface area (Å²) in [5.74, 6) is -3.75. The zero-order chi connectivity index (χ0) is 10.1. The van der Waals surface area contributed by atoms with Gasteiger partial charge in [0.2, 0.25) is 11.8 Å². The van der Waals surface area contributed by atoms with Gasteiger partial charge in [0.15, 0.2) is 0 Å². The number of hydrogen-bond acceptors (Lipinski definition) is 2. The van der Waals surface area contributed by atoms with Crippen molar-refractivity contribution < 1.29 is 13.6 Å². The van der Waals surface area contributed by atoms with Gasteiger partial charge >= 0.3 is 0 Å². The van der Waals surface area contributed by atoms with Gasteiger partial charge in [-0.3, -0.25) is 4.79 Å². The minimum Gasteiger partial charge on any atom is -0.340 e. The van der Waals surface area contributed by atoms with Gasteiger partial charge in [-0.25, -0.2) is 8.78 Å². The molecule has 0 aromatic rings. The molecule has 1 fully saturated rings. The van der Waals surface area contributed by atoms with Crippen molar-refractivity contribution in [1.29, 1.82) is 5.26 Å². The van der Waals surface area contributed by atoms with E-state index >= 15 is 0 Å². The second-order valence-electron chi connectivity index (χ2n) is 3.32. The molecule has 1 N–H and O–H groups in total. The largest absolute Gasteiger partial charge is 0.340 e. The number of amides is 1. The highest BCUT2D eigenvalue weighted by atomic mass is 19.3. The molecule has 1 aliphatic rings. The molecular weight excluding hydrogens is 178 g/mol. The van der Waals surface area contributed by atoms with Gasteiger partial charge in [0, 0.05) is 18.8 Å². The standard InChI is InChI=1S/C8H10F2N2O/c1-5(4-11)12-7(13)6-2-8(9,10)3-6/h5-6H,2-3H2,1H3,(H,12,13). The summed E-state index contributed by atoms with van der Waals surface area (Å²) in [7, 11) is 0. The highest BCUT2D eigenvalue weighted by molar-refractivity contribution is 5.80. The first kappa shape index (κ1) is 9.90. The number of nitrogens with one attached hydrogen (secondary N) is 1. The van der Waals surface area contributed by atoms with Gasteiger partial charge in [0.25, 0.3) is 0 Å². The third-order valence-electron chi connectivity index (χ3n) is 2.01. The van der Waals surface area contributed by atoms with Crippen molar-refractivity contribution in [2.24, 2.45) is 5.92 Å². The summed E-state index contributed by atoms with van der Waals surface area (Å²) in [4.78, 5) is 11.1. The van der Waals surface area contributed by atoms with Crippen molar-refractivity contribution in [1.82, 2.24) is 5.32 Å². The molecule has 0 aromatic carbocycles. The molecule has 0 radical (unpaired) electrons. The summed E-state index contributed by atoms with van der Waals surface area (Å²) in [5, 5.41) is 10.7. The van der Waals surface area contributed by atoms with Gasteiger partial charge in [-0.2, -0.15) is 5.26 Å². The van der Waals surface area contributed by atoms with Crippen molar-refractivity contribution in [2.45, 2.75) is 31.7 Å². The van der Waals surface area contributed by atoms with E-state index in [1.165, 1.54) is 6.92 Å². The van der Waals surface area contributed by atoms with Crippen LogP contribution in [0.25, 0.3) is 0 Å². The summed E-state index contributed by atoms with van der Waals surface area (Å²) in [6.07, 6.45) is -0.784. The maximum atomic E-state index is 12.3. The van der Waals surface area contributed by atoms with Crippen molar-refractivity contribution in [3.63, 3.8) is 0 Å². The Balaban J connectivity index is 2.32. The van der Waals surface area contributed by atoms with Gasteiger partial charge in [-0.15, -0.1) is 0 Å². The molecule has 13 heavy (non-hydrogen) atoms. The van der Waals surface area contributed by atoms with Crippen molar-refractivity contribution >= 4 is 5.91 Å². The molecule has 1 aliphatic carbocycles. The van der Waals surface area contributed by atoms with E-state index in [9.17, 15) is 13.6 Å². The molecule has 1 atom stereocenters. The van der Waals surface area contributed by atoms with Gasteiger partial charge < -0.3 is 5.32 Å². The molecule has 0 bridgehead atoms. The lowest BCUT2D eigenvalue weighted by molar-refractivity contribution is -0.150. The van der Waals surface area contributed by atoms with Gasteiger partial charge in [0.05, 0.1) is 6.07 Å². The fourth-order valence-corrected chi connectivity index (χ4v) is 1.21. The SMILES string of the molecule is CC(C#N)NC(=O)C1CC(F)(F)C1. The molecule has 1 unspecified atom stereocenters. The molecular formula is C8H10F2N2O. The molecule has 3 nitrogen and oxygen atoms in total. The third kappa shape index (κ3) is 2.38. The van der Waals surface area contributed by atoms with E-state index in [1.54, 1.807) is 6.07 Å². The number of carbonyl (C=O) groups excluding carboxylic acids is 1. The molecule has 0 saturated heterocycles. The van der Waals surface area contributed by atoms with Crippen LogP contribution in [0.4, 0.5) is 8.78 Å². The minimum absolute atomic E-state index is 0.392. The highest BCUT2D eigenvalue weighted by Gasteiger charge is 2.48. The number of halogens is 2. The Kier molecular flexibility index (Phi) is 2.50. The third-order valence-corrected chi connectivity index (χ3v) is 2.01. The molecule has 72 valence electrons. The van der Waals surface area contributed by atoms with E-state index in [0.717, 1.165) is 0 Å². The first-order valence-corrected chi connectivity index (χ1v) is 4.02. The normalized spacial score (nSPS) is 22.6. The Bertz CT molecular complexity index is 251. The number of carbonyl (C=O) groups is 1. The van der Waals surface area contributed by atoms with Crippen LogP contribution in [0.1, 0.15) is 19.8 Å². The van der Waals surface area contributed by atoms with Crippen LogP contribution in [0.2, 0.25) is 0 Å². The second-order valence-corrected chi connectivity index (χ2v) is 3.32. The van der Waals surface area contributed by atoms with Crippen LogP contribution in [0.3, 0.4) is 0 Å². The molecule has 1 rings (SSSR count). The van der Waals surface area contributed by atoms with Crippen molar-refractivity contribution in [2.75, 3.05) is 0 Å². The Morgan fingerprint density at radius 2 is 2.23 bits per heavy atom. The topological polar surface area (TPSA) is 52.9 Å². The lowest BCUT2D eigenvalue weighted by Crippen LogP contribution is -2.46. The maximum absolute atomic E-state index is 12.3. The van der Waals surface area contributed by atoms with Crippen LogP contribution in [0.5, 0.6) is 0 Å². The zero-order valence-corrected chi connectivity index (χ0v) is 7.18. The Hall–Kier alpha value is -1.18. The van der Waals surface area contributed by atoms with Crippen LogP contribution in [-0.4, -0.2) is 17.9 Å². The first-order valence-electron chi connectivity index (χ1n) is 4.02. The minimum atomic E-state index is -2.68. The molecule has 5 heteroatoms. The lowest BCUT2D eigenvalue weighted by Gasteiger charge is -2.33. The summed E-state index contributed by atoms with van der Waals surface area (Å²) in [5.41, 5.74) is 0. The lowest BCUT2D eigenvalue weighted by atomic mass is 9.80. The molecule has 1 amide bonds. The number of alkyl halides is 2. The molecule has 0 aromatic heterocycles. The Labute approximate surface area is 74.7 Å². The van der Waals surface area contributed by atoms with E-state index in [2.05, 4.69) is 5.32 Å².